The summed E-state index contributed by atoms with van der Waals surface area (Å²) in [5.41, 5.74) is 7.94. The number of methoxy groups -OCH3 is 2. The minimum atomic E-state index is -0.706. The summed E-state index contributed by atoms with van der Waals surface area (Å²) >= 11 is 0. The van der Waals surface area contributed by atoms with Gasteiger partial charge in [0.15, 0.2) is 0 Å². The number of nitrogens with one attached hydrogen (secondary N) is 4. The maximum atomic E-state index is 14.0. The Bertz CT molecular complexity index is 2630. The van der Waals surface area contributed by atoms with Gasteiger partial charge in [-0.3, -0.25) is 9.59 Å². The number of aromatic nitrogens is 4. The van der Waals surface area contributed by atoms with Crippen molar-refractivity contribution in [1.82, 2.24) is 40.4 Å². The fraction of sp³-hybridized carbons (Fsp3) is 0.577. The molecule has 4 amide bonds. The first-order valence-corrected chi connectivity index (χ1v) is 24.4. The molecular formula is C52H71N9O6. The van der Waals surface area contributed by atoms with E-state index in [4.69, 9.17) is 19.4 Å². The van der Waals surface area contributed by atoms with Gasteiger partial charge in [0.05, 0.1) is 54.1 Å². The molecule has 15 heteroatoms. The maximum absolute atomic E-state index is 14.0. The SMILES string of the molecule is COC(=O)N[C@H](C(=O)N1CCC[C@H]1c1nc2c([nH]1)=CCC([C@H]1CC[C@H](c3ccc4[nH]c([C@@H]5CCCN5C(=O)[C@@H](NC(=O)OC)C(C)C)nc4c3C)N1c1ccc(C(C)(C)C)cc1)C=2C)C(C)C. The van der Waals surface area contributed by atoms with Gasteiger partial charge < -0.3 is 44.8 Å². The van der Waals surface area contributed by atoms with Crippen LogP contribution in [0, 0.1) is 24.7 Å². The van der Waals surface area contributed by atoms with E-state index in [1.54, 1.807) is 0 Å². The van der Waals surface area contributed by atoms with E-state index in [0.717, 1.165) is 83.9 Å². The van der Waals surface area contributed by atoms with Crippen LogP contribution in [-0.4, -0.2) is 99.2 Å². The number of benzene rings is 2. The average Bonchev–Trinajstić information content (AvgIpc) is 4.15. The molecule has 4 N–H and O–H groups in total. The highest BCUT2D eigenvalue weighted by Crippen LogP contribution is 2.47. The number of amides is 4. The van der Waals surface area contributed by atoms with Crippen LogP contribution < -0.4 is 26.2 Å². The molecule has 1 aliphatic carbocycles. The lowest BCUT2D eigenvalue weighted by molar-refractivity contribution is -0.136. The zero-order valence-corrected chi connectivity index (χ0v) is 41.3. The Kier molecular flexibility index (Phi) is 13.5. The lowest BCUT2D eigenvalue weighted by Gasteiger charge is -2.38. The molecule has 3 aliphatic heterocycles. The molecule has 15 nitrogen and oxygen atoms in total. The molecule has 360 valence electrons. The molecular weight excluding hydrogens is 847 g/mol. The molecule has 2 aromatic heterocycles. The van der Waals surface area contributed by atoms with E-state index < -0.39 is 24.3 Å². The topological polar surface area (TPSA) is 178 Å². The Morgan fingerprint density at radius 1 is 0.731 bits per heavy atom. The zero-order valence-electron chi connectivity index (χ0n) is 41.3. The number of imidazole rings is 2. The number of anilines is 1. The smallest absolute Gasteiger partial charge is 0.407 e. The summed E-state index contributed by atoms with van der Waals surface area (Å²) in [6, 6.07) is 12.0. The number of hydrogen-bond acceptors (Lipinski definition) is 9. The van der Waals surface area contributed by atoms with Crippen LogP contribution >= 0.6 is 0 Å². The van der Waals surface area contributed by atoms with Gasteiger partial charge in [0.2, 0.25) is 11.8 Å². The molecule has 0 spiro atoms. The van der Waals surface area contributed by atoms with Gasteiger partial charge in [0.25, 0.3) is 0 Å². The van der Waals surface area contributed by atoms with Crippen molar-refractivity contribution in [2.75, 3.05) is 32.2 Å². The summed E-state index contributed by atoms with van der Waals surface area (Å²) in [6.07, 6.45) is 7.12. The summed E-state index contributed by atoms with van der Waals surface area (Å²) in [5, 5.41) is 7.49. The summed E-state index contributed by atoms with van der Waals surface area (Å²) in [6.45, 7) is 20.1. The second kappa shape index (κ2) is 19.0. The highest BCUT2D eigenvalue weighted by molar-refractivity contribution is 5.87. The van der Waals surface area contributed by atoms with Crippen LogP contribution in [0.15, 0.2) is 36.4 Å². The number of aryl methyl sites for hydroxylation is 1. The first kappa shape index (κ1) is 47.6. The molecule has 3 saturated heterocycles. The lowest BCUT2D eigenvalue weighted by Crippen LogP contribution is -2.51. The van der Waals surface area contributed by atoms with E-state index in [2.05, 4.69) is 103 Å². The van der Waals surface area contributed by atoms with Crippen LogP contribution in [0.25, 0.3) is 22.7 Å². The first-order chi connectivity index (χ1) is 31.9. The fourth-order valence-electron chi connectivity index (χ4n) is 11.2. The first-order valence-electron chi connectivity index (χ1n) is 24.4. The number of ether oxygens (including phenoxy) is 2. The second-order valence-electron chi connectivity index (χ2n) is 20.9. The molecule has 5 heterocycles. The summed E-state index contributed by atoms with van der Waals surface area (Å²) < 4.78 is 9.71. The third-order valence-corrected chi connectivity index (χ3v) is 15.0. The Labute approximate surface area is 394 Å². The van der Waals surface area contributed by atoms with Crippen LogP contribution in [0.1, 0.15) is 147 Å². The number of alkyl carbamates (subject to hydrolysis) is 2. The fourth-order valence-corrected chi connectivity index (χ4v) is 11.2. The molecule has 0 radical (unpaired) electrons. The number of hydrogen-bond donors (Lipinski definition) is 4. The number of rotatable bonds is 11. The predicted octanol–water partition coefficient (Wildman–Crippen LogP) is 7.36. The van der Waals surface area contributed by atoms with Crippen molar-refractivity contribution in [3.63, 3.8) is 0 Å². The summed E-state index contributed by atoms with van der Waals surface area (Å²) in [4.78, 5) is 76.6. The number of carbonyl (C=O) groups is 4. The van der Waals surface area contributed by atoms with Gasteiger partial charge in [0, 0.05) is 30.7 Å². The number of H-pyrrole nitrogens is 2. The lowest BCUT2D eigenvalue weighted by atomic mass is 9.84. The van der Waals surface area contributed by atoms with Crippen molar-refractivity contribution >= 4 is 52.4 Å². The number of likely N-dealkylation sites (tertiary alicyclic amines) is 2. The highest BCUT2D eigenvalue weighted by Gasteiger charge is 2.43. The molecule has 2 aromatic carbocycles. The largest absolute Gasteiger partial charge is 0.453 e. The van der Waals surface area contributed by atoms with E-state index in [1.165, 1.54) is 36.6 Å². The Hall–Kier alpha value is -5.86. The normalized spacial score (nSPS) is 22.9. The van der Waals surface area contributed by atoms with Crippen LogP contribution in [0.2, 0.25) is 0 Å². The Morgan fingerprint density at radius 3 is 1.84 bits per heavy atom. The van der Waals surface area contributed by atoms with E-state index in [1.807, 2.05) is 37.5 Å². The van der Waals surface area contributed by atoms with E-state index in [-0.39, 0.29) is 59.2 Å². The van der Waals surface area contributed by atoms with E-state index in [0.29, 0.717) is 13.1 Å². The summed E-state index contributed by atoms with van der Waals surface area (Å²) in [7, 11) is 2.62. The third-order valence-electron chi connectivity index (χ3n) is 15.0. The van der Waals surface area contributed by atoms with E-state index in [9.17, 15) is 19.2 Å². The van der Waals surface area contributed by atoms with Gasteiger partial charge in [-0.25, -0.2) is 19.6 Å². The van der Waals surface area contributed by atoms with Gasteiger partial charge in [-0.15, -0.1) is 0 Å². The van der Waals surface area contributed by atoms with Gasteiger partial charge in [0.1, 0.15) is 23.7 Å². The van der Waals surface area contributed by atoms with Gasteiger partial charge in [-0.05, 0) is 117 Å². The number of aromatic amines is 2. The van der Waals surface area contributed by atoms with Gasteiger partial charge >= 0.3 is 12.2 Å². The molecule has 0 bridgehead atoms. The minimum absolute atomic E-state index is 0.0124. The third kappa shape index (κ3) is 9.14. The quantitative estimate of drug-likeness (QED) is 0.120. The molecule has 0 saturated carbocycles. The molecule has 8 rings (SSSR count). The molecule has 7 atom stereocenters. The van der Waals surface area contributed by atoms with Crippen LogP contribution in [0.4, 0.5) is 15.3 Å². The van der Waals surface area contributed by atoms with Crippen molar-refractivity contribution in [2.24, 2.45) is 17.8 Å². The standard InChI is InChI=1S/C52H71N9O6/c1-28(2)42(57-50(64)66-10)48(62)59-26-12-14-40(59)46-53-36-22-20-34(30(5)44(36)55-46)38-24-25-39(61(38)33-18-16-32(17-19-33)52(7,8)9)35-21-23-37-45(31(35)6)56-47(54-37)41-15-13-27-60(41)49(63)43(29(3)4)58-51(65)67-11/h16-20,22-23,28-29,35,38-43H,12-15,21,24-27H2,1-11H3,(H,53,55)(H,54,56)(H,57,64)(H,58,65)/t35?,38-,39-,40+,41+,42+,43+/m1/s1. The molecule has 4 aromatic rings. The van der Waals surface area contributed by atoms with Crippen molar-refractivity contribution < 1.29 is 28.7 Å². The molecule has 4 aliphatic rings. The van der Waals surface area contributed by atoms with E-state index >= 15 is 0 Å². The van der Waals surface area contributed by atoms with Gasteiger partial charge in [-0.2, -0.15) is 0 Å². The van der Waals surface area contributed by atoms with Crippen LogP contribution in [-0.2, 0) is 24.5 Å². The van der Waals surface area contributed by atoms with Crippen molar-refractivity contribution in [2.45, 2.75) is 149 Å². The van der Waals surface area contributed by atoms with Crippen molar-refractivity contribution in [1.29, 1.82) is 0 Å². The second-order valence-corrected chi connectivity index (χ2v) is 20.9. The van der Waals surface area contributed by atoms with Crippen molar-refractivity contribution in [3.05, 3.63) is 75.4 Å². The average molecular weight is 918 g/mol. The maximum Gasteiger partial charge on any atom is 0.407 e. The molecule has 1 unspecified atom stereocenters. The van der Waals surface area contributed by atoms with Crippen molar-refractivity contribution in [3.8, 4) is 0 Å². The number of carbonyl (C=O) groups excluding carboxylic acids is 4. The van der Waals surface area contributed by atoms with Crippen LogP contribution in [0.3, 0.4) is 0 Å². The predicted molar refractivity (Wildman–Crippen MR) is 259 cm³/mol. The number of nitrogens with zero attached hydrogens (tertiary/aromatic N) is 5. The highest BCUT2D eigenvalue weighted by atomic mass is 16.5. The monoisotopic (exact) mass is 918 g/mol. The number of fused-ring (bicyclic) bond motifs is 2. The molecule has 3 fully saturated rings. The Morgan fingerprint density at radius 2 is 1.30 bits per heavy atom. The minimum Gasteiger partial charge on any atom is -0.453 e. The van der Waals surface area contributed by atoms with Crippen LogP contribution in [0.5, 0.6) is 0 Å². The van der Waals surface area contributed by atoms with Gasteiger partial charge in [-0.1, -0.05) is 72.7 Å². The Balaban J connectivity index is 1.11. The summed E-state index contributed by atoms with van der Waals surface area (Å²) in [5.74, 6) is 1.26. The zero-order chi connectivity index (χ0) is 48.1. The molecule has 67 heavy (non-hydrogen) atoms.